The fourth-order valence-corrected chi connectivity index (χ4v) is 4.30. The quantitative estimate of drug-likeness (QED) is 0.675. The van der Waals surface area contributed by atoms with Crippen LogP contribution in [-0.2, 0) is 11.8 Å². The zero-order valence-electron chi connectivity index (χ0n) is 14.3. The van der Waals surface area contributed by atoms with E-state index in [9.17, 15) is 4.79 Å². The van der Waals surface area contributed by atoms with Crippen molar-refractivity contribution in [1.82, 2.24) is 4.57 Å². The fourth-order valence-electron chi connectivity index (χ4n) is 3.10. The summed E-state index contributed by atoms with van der Waals surface area (Å²) in [6, 6.07) is 11.6. The number of aromatic nitrogens is 1. The number of carbonyl (C=O) groups is 1. The first-order chi connectivity index (χ1) is 12.0. The highest BCUT2D eigenvalue weighted by molar-refractivity contribution is 7.16. The summed E-state index contributed by atoms with van der Waals surface area (Å²) >= 11 is 1.51. The third-order valence-electron chi connectivity index (χ3n) is 4.22. The molecule has 0 saturated carbocycles. The first-order valence-corrected chi connectivity index (χ1v) is 8.88. The van der Waals surface area contributed by atoms with Gasteiger partial charge in [-0.15, -0.1) is 0 Å². The number of amides is 1. The molecule has 2 heterocycles. The predicted molar refractivity (Wildman–Crippen MR) is 97.2 cm³/mol. The molecule has 0 spiro atoms. The minimum Gasteiger partial charge on any atom is -0.485 e. The summed E-state index contributed by atoms with van der Waals surface area (Å²) in [6.07, 6.45) is -0.719. The molecular formula is C19H18N2O3S. The zero-order chi connectivity index (χ0) is 17.6. The number of hydrogen-bond donors (Lipinski definition) is 0. The van der Waals surface area contributed by atoms with Crippen LogP contribution in [0.5, 0.6) is 11.5 Å². The van der Waals surface area contributed by atoms with Crippen molar-refractivity contribution in [3.63, 3.8) is 0 Å². The van der Waals surface area contributed by atoms with E-state index in [4.69, 9.17) is 9.47 Å². The van der Waals surface area contributed by atoms with Crippen molar-refractivity contribution in [3.05, 3.63) is 52.3 Å². The Balaban J connectivity index is 1.70. The SMILES string of the molecule is Cc1cc(C)c2c(c1)sc(=NC(=O)[C@H]1COc3ccccc3O1)n2C. The molecule has 0 aliphatic carbocycles. The van der Waals surface area contributed by atoms with E-state index >= 15 is 0 Å². The first-order valence-electron chi connectivity index (χ1n) is 8.07. The molecule has 0 bridgehead atoms. The topological polar surface area (TPSA) is 52.8 Å². The van der Waals surface area contributed by atoms with Gasteiger partial charge >= 0.3 is 0 Å². The van der Waals surface area contributed by atoms with Crippen molar-refractivity contribution in [2.24, 2.45) is 12.0 Å². The van der Waals surface area contributed by atoms with E-state index in [2.05, 4.69) is 31.0 Å². The van der Waals surface area contributed by atoms with Crippen molar-refractivity contribution < 1.29 is 14.3 Å². The average molecular weight is 354 g/mol. The Morgan fingerprint density at radius 2 is 2.00 bits per heavy atom. The number of carbonyl (C=O) groups excluding carboxylic acids is 1. The van der Waals surface area contributed by atoms with E-state index in [0.29, 0.717) is 16.3 Å². The number of ether oxygens (including phenoxy) is 2. The number of hydrogen-bond acceptors (Lipinski definition) is 4. The van der Waals surface area contributed by atoms with E-state index < -0.39 is 6.10 Å². The molecule has 5 nitrogen and oxygen atoms in total. The molecule has 0 fully saturated rings. The Hall–Kier alpha value is -2.60. The first kappa shape index (κ1) is 15.9. The second-order valence-electron chi connectivity index (χ2n) is 6.19. The van der Waals surface area contributed by atoms with Gasteiger partial charge in [0.05, 0.1) is 10.2 Å². The largest absolute Gasteiger partial charge is 0.485 e. The monoisotopic (exact) mass is 354 g/mol. The number of benzene rings is 2. The Labute approximate surface area is 149 Å². The van der Waals surface area contributed by atoms with Crippen LogP contribution in [0.15, 0.2) is 41.4 Å². The maximum atomic E-state index is 12.6. The van der Waals surface area contributed by atoms with Crippen molar-refractivity contribution in [2.45, 2.75) is 20.0 Å². The normalized spacial score (nSPS) is 17.1. The molecule has 0 radical (unpaired) electrons. The highest BCUT2D eigenvalue weighted by Crippen LogP contribution is 2.31. The fraction of sp³-hybridized carbons (Fsp3) is 0.263. The van der Waals surface area contributed by atoms with Gasteiger partial charge in [0.15, 0.2) is 16.3 Å². The van der Waals surface area contributed by atoms with Crippen LogP contribution in [0.1, 0.15) is 11.1 Å². The number of nitrogens with zero attached hydrogens (tertiary/aromatic N) is 2. The van der Waals surface area contributed by atoms with Crippen LogP contribution < -0.4 is 14.3 Å². The van der Waals surface area contributed by atoms with Crippen LogP contribution in [0, 0.1) is 13.8 Å². The van der Waals surface area contributed by atoms with Crippen LogP contribution in [0.3, 0.4) is 0 Å². The Kier molecular flexibility index (Phi) is 3.84. The van der Waals surface area contributed by atoms with Gasteiger partial charge in [-0.1, -0.05) is 29.5 Å². The summed E-state index contributed by atoms with van der Waals surface area (Å²) < 4.78 is 14.4. The summed E-state index contributed by atoms with van der Waals surface area (Å²) in [5.74, 6) is 0.908. The van der Waals surface area contributed by atoms with Crippen molar-refractivity contribution in [1.29, 1.82) is 0 Å². The number of para-hydroxylation sites is 2. The molecule has 0 N–H and O–H groups in total. The van der Waals surface area contributed by atoms with E-state index in [0.717, 1.165) is 10.2 Å². The lowest BCUT2D eigenvalue weighted by atomic mass is 10.1. The second kappa shape index (κ2) is 6.04. The van der Waals surface area contributed by atoms with Crippen molar-refractivity contribution in [3.8, 4) is 11.5 Å². The third kappa shape index (κ3) is 2.82. The third-order valence-corrected chi connectivity index (χ3v) is 5.30. The summed E-state index contributed by atoms with van der Waals surface area (Å²) in [5.41, 5.74) is 3.48. The zero-order valence-corrected chi connectivity index (χ0v) is 15.1. The van der Waals surface area contributed by atoms with Crippen LogP contribution in [-0.4, -0.2) is 23.2 Å². The van der Waals surface area contributed by atoms with E-state index in [-0.39, 0.29) is 12.5 Å². The standard InChI is InChI=1S/C19H18N2O3S/c1-11-8-12(2)17-16(9-11)25-19(21(17)3)20-18(22)15-10-23-13-6-4-5-7-14(13)24-15/h4-9,15H,10H2,1-3H3/t15-/m1/s1. The number of thiazole rings is 1. The van der Waals surface area contributed by atoms with Gasteiger partial charge in [0.25, 0.3) is 5.91 Å². The van der Waals surface area contributed by atoms with Crippen molar-refractivity contribution >= 4 is 27.5 Å². The van der Waals surface area contributed by atoms with Crippen LogP contribution >= 0.6 is 11.3 Å². The van der Waals surface area contributed by atoms with Gasteiger partial charge in [-0.25, -0.2) is 0 Å². The van der Waals surface area contributed by atoms with Gasteiger partial charge in [-0.2, -0.15) is 4.99 Å². The molecule has 25 heavy (non-hydrogen) atoms. The van der Waals surface area contributed by atoms with Gasteiger partial charge in [-0.3, -0.25) is 4.79 Å². The lowest BCUT2D eigenvalue weighted by Crippen LogP contribution is -2.36. The molecule has 0 saturated heterocycles. The highest BCUT2D eigenvalue weighted by Gasteiger charge is 2.27. The van der Waals surface area contributed by atoms with Gasteiger partial charge in [0.2, 0.25) is 6.10 Å². The lowest BCUT2D eigenvalue weighted by Gasteiger charge is -2.23. The molecular weight excluding hydrogens is 336 g/mol. The minimum atomic E-state index is -0.719. The molecule has 2 aromatic carbocycles. The molecule has 1 aliphatic rings. The Bertz CT molecular complexity index is 1050. The van der Waals surface area contributed by atoms with Crippen molar-refractivity contribution in [2.75, 3.05) is 6.61 Å². The molecule has 0 unspecified atom stereocenters. The number of aryl methyl sites for hydroxylation is 3. The van der Waals surface area contributed by atoms with Crippen LogP contribution in [0.4, 0.5) is 0 Å². The molecule has 1 atom stereocenters. The maximum Gasteiger partial charge on any atom is 0.292 e. The van der Waals surface area contributed by atoms with Gasteiger partial charge < -0.3 is 14.0 Å². The molecule has 3 aromatic rings. The van der Waals surface area contributed by atoms with Gasteiger partial charge in [0, 0.05) is 7.05 Å². The van der Waals surface area contributed by atoms with Gasteiger partial charge in [-0.05, 0) is 43.2 Å². The van der Waals surface area contributed by atoms with E-state index in [1.54, 1.807) is 6.07 Å². The molecule has 128 valence electrons. The lowest BCUT2D eigenvalue weighted by molar-refractivity contribution is -0.127. The molecule has 4 rings (SSSR count). The number of rotatable bonds is 1. The van der Waals surface area contributed by atoms with Gasteiger partial charge in [0.1, 0.15) is 6.61 Å². The minimum absolute atomic E-state index is 0.173. The smallest absolute Gasteiger partial charge is 0.292 e. The van der Waals surface area contributed by atoms with Crippen LogP contribution in [0.2, 0.25) is 0 Å². The summed E-state index contributed by atoms with van der Waals surface area (Å²) in [4.78, 5) is 17.5. The van der Waals surface area contributed by atoms with Crippen LogP contribution in [0.25, 0.3) is 10.2 Å². The Morgan fingerprint density at radius 3 is 2.80 bits per heavy atom. The number of fused-ring (bicyclic) bond motifs is 2. The molecule has 1 aromatic heterocycles. The molecule has 1 aliphatic heterocycles. The predicted octanol–water partition coefficient (Wildman–Crippen LogP) is 3.12. The molecule has 6 heteroatoms. The highest BCUT2D eigenvalue weighted by atomic mass is 32.1. The summed E-state index contributed by atoms with van der Waals surface area (Å²) in [6.45, 7) is 4.31. The summed E-state index contributed by atoms with van der Waals surface area (Å²) in [7, 11) is 1.93. The van der Waals surface area contributed by atoms with E-state index in [1.807, 2.05) is 29.8 Å². The Morgan fingerprint density at radius 1 is 1.24 bits per heavy atom. The summed E-state index contributed by atoms with van der Waals surface area (Å²) in [5, 5.41) is 0. The maximum absolute atomic E-state index is 12.6. The average Bonchev–Trinajstić information content (AvgIpc) is 2.90. The molecule has 1 amide bonds. The second-order valence-corrected chi connectivity index (χ2v) is 7.20. The van der Waals surface area contributed by atoms with E-state index in [1.165, 1.54) is 22.5 Å².